The van der Waals surface area contributed by atoms with Gasteiger partial charge in [-0.1, -0.05) is 0 Å². The molecule has 150 valence electrons. The highest BCUT2D eigenvalue weighted by molar-refractivity contribution is 7.89. The van der Waals surface area contributed by atoms with E-state index in [0.29, 0.717) is 29.8 Å². The molecule has 1 unspecified atom stereocenters. The van der Waals surface area contributed by atoms with Crippen LogP contribution < -0.4 is 9.62 Å². The Morgan fingerprint density at radius 2 is 2.25 bits per heavy atom. The molecule has 3 rings (SSSR count). The number of piperidine rings is 1. The van der Waals surface area contributed by atoms with Crippen molar-refractivity contribution in [3.05, 3.63) is 29.8 Å². The van der Waals surface area contributed by atoms with Gasteiger partial charge in [0.1, 0.15) is 24.0 Å². The van der Waals surface area contributed by atoms with Crippen LogP contribution in [-0.4, -0.2) is 57.5 Å². The smallest absolute Gasteiger partial charge is 0.213 e. The van der Waals surface area contributed by atoms with Gasteiger partial charge in [0.25, 0.3) is 0 Å². The molecule has 0 aliphatic carbocycles. The summed E-state index contributed by atoms with van der Waals surface area (Å²) in [5.41, 5.74) is 0.381. The lowest BCUT2D eigenvalue weighted by Gasteiger charge is -2.34. The molecule has 0 bridgehead atoms. The topological polar surface area (TPSA) is 108 Å². The molecule has 2 heterocycles. The number of ether oxygens (including phenoxy) is 1. The second kappa shape index (κ2) is 8.77. The predicted molar refractivity (Wildman–Crippen MR) is 103 cm³/mol. The van der Waals surface area contributed by atoms with E-state index >= 15 is 0 Å². The van der Waals surface area contributed by atoms with Crippen molar-refractivity contribution in [2.75, 3.05) is 44.0 Å². The van der Waals surface area contributed by atoms with E-state index in [1.807, 2.05) is 11.0 Å². The van der Waals surface area contributed by atoms with Crippen molar-refractivity contribution in [3.8, 4) is 6.07 Å². The molecule has 0 amide bonds. The van der Waals surface area contributed by atoms with Crippen LogP contribution in [0.15, 0.2) is 18.5 Å². The van der Waals surface area contributed by atoms with E-state index in [9.17, 15) is 12.8 Å². The molecule has 0 saturated carbocycles. The summed E-state index contributed by atoms with van der Waals surface area (Å²) in [4.78, 5) is 10.5. The Hall–Kier alpha value is -2.35. The molecule has 10 heteroatoms. The normalized spacial score (nSPS) is 17.6. The number of nitrogens with zero attached hydrogens (tertiary/aromatic N) is 4. The number of nitriles is 1. The average molecular weight is 407 g/mol. The number of sulfonamides is 1. The van der Waals surface area contributed by atoms with Crippen LogP contribution in [0.25, 0.3) is 10.9 Å². The maximum Gasteiger partial charge on any atom is 0.213 e. The highest BCUT2D eigenvalue weighted by Crippen LogP contribution is 2.29. The third kappa shape index (κ3) is 4.73. The molecule has 1 fully saturated rings. The standard InChI is InChI=1S/C18H22FN5O3S/c1-27-5-6-28(25,26)23-10-13-3-2-4-24(11-13)18-15-7-14(9-20)16(19)8-17(15)21-12-22-18/h7-8,12-13,23H,2-6,10-11H2,1H3. The summed E-state index contributed by atoms with van der Waals surface area (Å²) in [5, 5.41) is 9.72. The van der Waals surface area contributed by atoms with Crippen LogP contribution >= 0.6 is 0 Å². The second-order valence-electron chi connectivity index (χ2n) is 6.77. The van der Waals surface area contributed by atoms with Crippen LogP contribution in [0.2, 0.25) is 0 Å². The molecule has 1 saturated heterocycles. The van der Waals surface area contributed by atoms with Gasteiger partial charge < -0.3 is 9.64 Å². The molecule has 2 aromatic rings. The zero-order valence-electron chi connectivity index (χ0n) is 15.6. The fraction of sp³-hybridized carbons (Fsp3) is 0.500. The van der Waals surface area contributed by atoms with Gasteiger partial charge in [-0.3, -0.25) is 0 Å². The predicted octanol–water partition coefficient (Wildman–Crippen LogP) is 1.42. The first-order valence-electron chi connectivity index (χ1n) is 8.99. The summed E-state index contributed by atoms with van der Waals surface area (Å²) in [5.74, 6) is 0.0703. The fourth-order valence-corrected chi connectivity index (χ4v) is 4.36. The SMILES string of the molecule is COCCS(=O)(=O)NCC1CCCN(c2ncnc3cc(F)c(C#N)cc23)C1. The van der Waals surface area contributed by atoms with Crippen molar-refractivity contribution in [3.63, 3.8) is 0 Å². The number of halogens is 1. The van der Waals surface area contributed by atoms with Crippen LogP contribution in [-0.2, 0) is 14.8 Å². The van der Waals surface area contributed by atoms with Crippen molar-refractivity contribution < 1.29 is 17.5 Å². The van der Waals surface area contributed by atoms with Crippen molar-refractivity contribution in [1.82, 2.24) is 14.7 Å². The number of fused-ring (bicyclic) bond motifs is 1. The van der Waals surface area contributed by atoms with E-state index in [2.05, 4.69) is 14.7 Å². The summed E-state index contributed by atoms with van der Waals surface area (Å²) >= 11 is 0. The van der Waals surface area contributed by atoms with Gasteiger partial charge in [-0.05, 0) is 24.8 Å². The highest BCUT2D eigenvalue weighted by atomic mass is 32.2. The molecular formula is C18H22FN5O3S. The highest BCUT2D eigenvalue weighted by Gasteiger charge is 2.24. The van der Waals surface area contributed by atoms with Crippen LogP contribution in [0.5, 0.6) is 0 Å². The minimum Gasteiger partial charge on any atom is -0.384 e. The van der Waals surface area contributed by atoms with Crippen molar-refractivity contribution in [2.45, 2.75) is 12.8 Å². The van der Waals surface area contributed by atoms with Crippen molar-refractivity contribution in [2.24, 2.45) is 5.92 Å². The fourth-order valence-electron chi connectivity index (χ4n) is 3.34. The minimum absolute atomic E-state index is 0.0528. The van der Waals surface area contributed by atoms with Crippen LogP contribution in [0, 0.1) is 23.1 Å². The average Bonchev–Trinajstić information content (AvgIpc) is 2.70. The lowest BCUT2D eigenvalue weighted by molar-refractivity contribution is 0.217. The molecule has 1 aliphatic heterocycles. The summed E-state index contributed by atoms with van der Waals surface area (Å²) in [6, 6.07) is 4.55. The number of hydrogen-bond acceptors (Lipinski definition) is 7. The largest absolute Gasteiger partial charge is 0.384 e. The van der Waals surface area contributed by atoms with Crippen LogP contribution in [0.1, 0.15) is 18.4 Å². The maximum absolute atomic E-state index is 13.9. The second-order valence-corrected chi connectivity index (χ2v) is 8.70. The number of benzene rings is 1. The molecule has 0 spiro atoms. The first kappa shape index (κ1) is 20.4. The van der Waals surface area contributed by atoms with Crippen molar-refractivity contribution in [1.29, 1.82) is 5.26 Å². The molecule has 1 aromatic heterocycles. The number of nitrogens with one attached hydrogen (secondary N) is 1. The van der Waals surface area contributed by atoms with E-state index in [-0.39, 0.29) is 23.8 Å². The molecule has 1 aromatic carbocycles. The summed E-state index contributed by atoms with van der Waals surface area (Å²) in [6.07, 6.45) is 3.15. The molecule has 1 N–H and O–H groups in total. The van der Waals surface area contributed by atoms with Gasteiger partial charge in [-0.25, -0.2) is 27.5 Å². The Morgan fingerprint density at radius 1 is 1.43 bits per heavy atom. The molecule has 28 heavy (non-hydrogen) atoms. The number of methoxy groups -OCH3 is 1. The number of hydrogen-bond donors (Lipinski definition) is 1. The van der Waals surface area contributed by atoms with E-state index in [1.54, 1.807) is 0 Å². The summed E-state index contributed by atoms with van der Waals surface area (Å²) in [7, 11) is -1.91. The van der Waals surface area contributed by atoms with E-state index in [1.165, 1.54) is 25.6 Å². The molecule has 1 atom stereocenters. The number of rotatable bonds is 7. The quantitative estimate of drug-likeness (QED) is 0.739. The Morgan fingerprint density at radius 3 is 3.00 bits per heavy atom. The lowest BCUT2D eigenvalue weighted by atomic mass is 9.98. The van der Waals surface area contributed by atoms with Gasteiger partial charge in [-0.2, -0.15) is 5.26 Å². The van der Waals surface area contributed by atoms with Gasteiger partial charge in [0.2, 0.25) is 10.0 Å². The molecule has 8 nitrogen and oxygen atoms in total. The monoisotopic (exact) mass is 407 g/mol. The number of anilines is 1. The Kier molecular flexibility index (Phi) is 6.39. The Labute approximate surface area is 163 Å². The van der Waals surface area contributed by atoms with Crippen molar-refractivity contribution >= 4 is 26.7 Å². The summed E-state index contributed by atoms with van der Waals surface area (Å²) in [6.45, 7) is 1.84. The third-order valence-corrected chi connectivity index (χ3v) is 6.10. The maximum atomic E-state index is 13.9. The molecular weight excluding hydrogens is 385 g/mol. The van der Waals surface area contributed by atoms with Crippen LogP contribution in [0.3, 0.4) is 0 Å². The van der Waals surface area contributed by atoms with E-state index in [4.69, 9.17) is 10.00 Å². The van der Waals surface area contributed by atoms with Crippen LogP contribution in [0.4, 0.5) is 10.2 Å². The lowest BCUT2D eigenvalue weighted by Crippen LogP contribution is -2.42. The van der Waals surface area contributed by atoms with Gasteiger partial charge in [-0.15, -0.1) is 0 Å². The summed E-state index contributed by atoms with van der Waals surface area (Å²) < 4.78 is 45.3. The van der Waals surface area contributed by atoms with Gasteiger partial charge in [0.15, 0.2) is 0 Å². The first-order valence-corrected chi connectivity index (χ1v) is 10.6. The zero-order chi connectivity index (χ0) is 20.1. The van der Waals surface area contributed by atoms with Gasteiger partial charge >= 0.3 is 0 Å². The minimum atomic E-state index is -3.37. The Bertz CT molecular complexity index is 993. The Balaban J connectivity index is 1.77. The zero-order valence-corrected chi connectivity index (χ0v) is 16.4. The van der Waals surface area contributed by atoms with Gasteiger partial charge in [0, 0.05) is 38.2 Å². The first-order chi connectivity index (χ1) is 13.4. The number of aromatic nitrogens is 2. The molecule has 1 aliphatic rings. The van der Waals surface area contributed by atoms with E-state index < -0.39 is 15.8 Å². The molecule has 0 radical (unpaired) electrons. The third-order valence-electron chi connectivity index (χ3n) is 4.79. The van der Waals surface area contributed by atoms with Gasteiger partial charge in [0.05, 0.1) is 23.4 Å². The van der Waals surface area contributed by atoms with E-state index in [0.717, 1.165) is 19.4 Å².